The summed E-state index contributed by atoms with van der Waals surface area (Å²) in [5.41, 5.74) is 5.15. The Bertz CT molecular complexity index is 434. The Labute approximate surface area is 89.7 Å². The van der Waals surface area contributed by atoms with Crippen LogP contribution in [0.2, 0.25) is 0 Å². The van der Waals surface area contributed by atoms with Crippen LogP contribution in [-0.2, 0) is 4.79 Å². The van der Waals surface area contributed by atoms with Gasteiger partial charge in [-0.2, -0.15) is 0 Å². The molecule has 0 bridgehead atoms. The SMILES string of the molecule is NC(CC(=O)O)C(=O)c1ccc(F)c(F)c1. The molecule has 0 saturated heterocycles. The minimum Gasteiger partial charge on any atom is -0.481 e. The van der Waals surface area contributed by atoms with Crippen molar-refractivity contribution in [2.45, 2.75) is 12.5 Å². The monoisotopic (exact) mass is 229 g/mol. The summed E-state index contributed by atoms with van der Waals surface area (Å²) in [6.45, 7) is 0. The molecule has 0 fully saturated rings. The first-order chi connectivity index (χ1) is 7.41. The van der Waals surface area contributed by atoms with Crippen molar-refractivity contribution in [3.63, 3.8) is 0 Å². The molecule has 4 nitrogen and oxygen atoms in total. The summed E-state index contributed by atoms with van der Waals surface area (Å²) in [4.78, 5) is 21.8. The van der Waals surface area contributed by atoms with Gasteiger partial charge in [-0.3, -0.25) is 9.59 Å². The van der Waals surface area contributed by atoms with Gasteiger partial charge in [-0.05, 0) is 18.2 Å². The second-order valence-electron chi connectivity index (χ2n) is 3.20. The summed E-state index contributed by atoms with van der Waals surface area (Å²) in [5.74, 6) is -4.22. The molecule has 0 heterocycles. The number of ketones is 1. The van der Waals surface area contributed by atoms with Gasteiger partial charge in [-0.1, -0.05) is 0 Å². The number of halogens is 2. The second-order valence-corrected chi connectivity index (χ2v) is 3.20. The lowest BCUT2D eigenvalue weighted by molar-refractivity contribution is -0.137. The molecule has 0 aliphatic heterocycles. The Hall–Kier alpha value is -1.82. The van der Waals surface area contributed by atoms with Crippen LogP contribution in [0.25, 0.3) is 0 Å². The summed E-state index contributed by atoms with van der Waals surface area (Å²) < 4.78 is 25.3. The molecule has 1 aromatic rings. The number of carbonyl (C=O) groups is 2. The van der Waals surface area contributed by atoms with Gasteiger partial charge in [0.2, 0.25) is 0 Å². The van der Waals surface area contributed by atoms with Gasteiger partial charge in [0.25, 0.3) is 0 Å². The van der Waals surface area contributed by atoms with E-state index >= 15 is 0 Å². The Kier molecular flexibility index (Phi) is 3.68. The molecular formula is C10H9F2NO3. The van der Waals surface area contributed by atoms with Gasteiger partial charge in [0.1, 0.15) is 0 Å². The lowest BCUT2D eigenvalue weighted by Gasteiger charge is -2.07. The van der Waals surface area contributed by atoms with Crippen molar-refractivity contribution in [1.82, 2.24) is 0 Å². The maximum Gasteiger partial charge on any atom is 0.305 e. The number of benzene rings is 1. The molecule has 0 aliphatic carbocycles. The molecule has 16 heavy (non-hydrogen) atoms. The van der Waals surface area contributed by atoms with E-state index in [9.17, 15) is 18.4 Å². The molecule has 1 aromatic carbocycles. The lowest BCUT2D eigenvalue weighted by Crippen LogP contribution is -2.33. The van der Waals surface area contributed by atoms with Gasteiger partial charge in [0.05, 0.1) is 12.5 Å². The number of carboxylic acid groups (broad SMARTS) is 1. The van der Waals surface area contributed by atoms with Crippen molar-refractivity contribution >= 4 is 11.8 Å². The zero-order chi connectivity index (χ0) is 12.3. The molecule has 1 atom stereocenters. The average molecular weight is 229 g/mol. The highest BCUT2D eigenvalue weighted by Crippen LogP contribution is 2.11. The zero-order valence-corrected chi connectivity index (χ0v) is 8.11. The molecule has 6 heteroatoms. The maximum absolute atomic E-state index is 12.8. The number of rotatable bonds is 4. The van der Waals surface area contributed by atoms with E-state index < -0.39 is 35.8 Å². The van der Waals surface area contributed by atoms with Gasteiger partial charge in [-0.15, -0.1) is 0 Å². The van der Waals surface area contributed by atoms with Gasteiger partial charge in [-0.25, -0.2) is 8.78 Å². The van der Waals surface area contributed by atoms with Crippen molar-refractivity contribution < 1.29 is 23.5 Å². The first-order valence-corrected chi connectivity index (χ1v) is 4.38. The van der Waals surface area contributed by atoms with Crippen molar-refractivity contribution in [2.75, 3.05) is 0 Å². The third-order valence-electron chi connectivity index (χ3n) is 1.94. The van der Waals surface area contributed by atoms with Gasteiger partial charge >= 0.3 is 5.97 Å². The van der Waals surface area contributed by atoms with E-state index in [1.165, 1.54) is 0 Å². The summed E-state index contributed by atoms with van der Waals surface area (Å²) in [6, 6.07) is 1.28. The Morgan fingerprint density at radius 3 is 2.44 bits per heavy atom. The minimum absolute atomic E-state index is 0.146. The third-order valence-corrected chi connectivity index (χ3v) is 1.94. The summed E-state index contributed by atoms with van der Waals surface area (Å²) >= 11 is 0. The highest BCUT2D eigenvalue weighted by atomic mass is 19.2. The largest absolute Gasteiger partial charge is 0.481 e. The molecule has 1 unspecified atom stereocenters. The first-order valence-electron chi connectivity index (χ1n) is 4.38. The zero-order valence-electron chi connectivity index (χ0n) is 8.11. The number of carboxylic acids is 1. The summed E-state index contributed by atoms with van der Waals surface area (Å²) in [7, 11) is 0. The Morgan fingerprint density at radius 1 is 1.31 bits per heavy atom. The molecule has 0 aromatic heterocycles. The number of hydrogen-bond donors (Lipinski definition) is 2. The van der Waals surface area contributed by atoms with Crippen LogP contribution in [-0.4, -0.2) is 22.9 Å². The number of hydrogen-bond acceptors (Lipinski definition) is 3. The number of aliphatic carboxylic acids is 1. The number of carbonyl (C=O) groups excluding carboxylic acids is 1. The van der Waals surface area contributed by atoms with Crippen LogP contribution in [0.4, 0.5) is 8.78 Å². The molecule has 3 N–H and O–H groups in total. The average Bonchev–Trinajstić information content (AvgIpc) is 2.20. The third kappa shape index (κ3) is 2.83. The molecule has 0 amide bonds. The summed E-state index contributed by atoms with van der Waals surface area (Å²) in [6.07, 6.45) is -0.558. The van der Waals surface area contributed by atoms with Crippen LogP contribution in [0, 0.1) is 11.6 Å². The van der Waals surface area contributed by atoms with E-state index in [1.54, 1.807) is 0 Å². The molecule has 0 spiro atoms. The number of nitrogens with two attached hydrogens (primary N) is 1. The highest BCUT2D eigenvalue weighted by Gasteiger charge is 2.19. The topological polar surface area (TPSA) is 80.4 Å². The fraction of sp³-hybridized carbons (Fsp3) is 0.200. The van der Waals surface area contributed by atoms with E-state index in [0.29, 0.717) is 6.07 Å². The predicted molar refractivity (Wildman–Crippen MR) is 50.9 cm³/mol. The minimum atomic E-state index is -1.26. The van der Waals surface area contributed by atoms with Crippen LogP contribution in [0.3, 0.4) is 0 Å². The van der Waals surface area contributed by atoms with Crippen molar-refractivity contribution in [2.24, 2.45) is 5.73 Å². The fourth-order valence-corrected chi connectivity index (χ4v) is 1.14. The fourth-order valence-electron chi connectivity index (χ4n) is 1.14. The molecule has 86 valence electrons. The van der Waals surface area contributed by atoms with Gasteiger partial charge < -0.3 is 10.8 Å². The molecule has 0 radical (unpaired) electrons. The number of Topliss-reactive ketones (excluding diaryl/α,β-unsaturated/α-hetero) is 1. The van der Waals surface area contributed by atoms with Crippen molar-refractivity contribution in [1.29, 1.82) is 0 Å². The van der Waals surface area contributed by atoms with E-state index in [4.69, 9.17) is 10.8 Å². The van der Waals surface area contributed by atoms with E-state index in [0.717, 1.165) is 12.1 Å². The standard InChI is InChI=1S/C10H9F2NO3/c11-6-2-1-5(3-7(6)12)10(16)8(13)4-9(14)15/h1-3,8H,4,13H2,(H,14,15). The van der Waals surface area contributed by atoms with E-state index in [-0.39, 0.29) is 5.56 Å². The van der Waals surface area contributed by atoms with E-state index in [2.05, 4.69) is 0 Å². The molecule has 0 aliphatic rings. The van der Waals surface area contributed by atoms with Crippen LogP contribution in [0.15, 0.2) is 18.2 Å². The van der Waals surface area contributed by atoms with Crippen molar-refractivity contribution in [3.05, 3.63) is 35.4 Å². The molecule has 1 rings (SSSR count). The normalized spacial score (nSPS) is 12.2. The van der Waals surface area contributed by atoms with Crippen molar-refractivity contribution in [3.8, 4) is 0 Å². The quantitative estimate of drug-likeness (QED) is 0.753. The molecule has 0 saturated carbocycles. The maximum atomic E-state index is 12.8. The van der Waals surface area contributed by atoms with Gasteiger partial charge in [0, 0.05) is 5.56 Å². The Balaban J connectivity index is 2.88. The highest BCUT2D eigenvalue weighted by molar-refractivity contribution is 6.01. The van der Waals surface area contributed by atoms with Gasteiger partial charge in [0.15, 0.2) is 17.4 Å². The second kappa shape index (κ2) is 4.80. The van der Waals surface area contributed by atoms with Crippen LogP contribution in [0.5, 0.6) is 0 Å². The van der Waals surface area contributed by atoms with Crippen LogP contribution >= 0.6 is 0 Å². The lowest BCUT2D eigenvalue weighted by atomic mass is 10.0. The first kappa shape index (κ1) is 12.3. The molecular weight excluding hydrogens is 220 g/mol. The van der Waals surface area contributed by atoms with Crippen LogP contribution < -0.4 is 5.73 Å². The van der Waals surface area contributed by atoms with Crippen LogP contribution in [0.1, 0.15) is 16.8 Å². The summed E-state index contributed by atoms with van der Waals surface area (Å²) in [5, 5.41) is 8.41. The smallest absolute Gasteiger partial charge is 0.305 e. The predicted octanol–water partition coefficient (Wildman–Crippen LogP) is 0.949. The van der Waals surface area contributed by atoms with E-state index in [1.807, 2.05) is 0 Å². The Morgan fingerprint density at radius 2 is 1.94 bits per heavy atom.